The minimum absolute atomic E-state index is 0.00236. The summed E-state index contributed by atoms with van der Waals surface area (Å²) in [6, 6.07) is -0.661. The zero-order valence-electron chi connectivity index (χ0n) is 9.48. The first-order chi connectivity index (χ1) is 7.66. The van der Waals surface area contributed by atoms with Crippen molar-refractivity contribution in [2.75, 3.05) is 33.0 Å². The summed E-state index contributed by atoms with van der Waals surface area (Å²) >= 11 is 0. The zero-order valence-corrected chi connectivity index (χ0v) is 9.48. The third kappa shape index (κ3) is 3.46. The molecule has 6 heteroatoms. The van der Waals surface area contributed by atoms with Gasteiger partial charge < -0.3 is 20.1 Å². The molecule has 2 amide bonds. The Morgan fingerprint density at radius 1 is 1.56 bits per heavy atom. The summed E-state index contributed by atoms with van der Waals surface area (Å²) in [5.41, 5.74) is 5.20. The molecule has 6 nitrogen and oxygen atoms in total. The first kappa shape index (κ1) is 12.9. The van der Waals surface area contributed by atoms with E-state index in [1.165, 1.54) is 4.90 Å². The summed E-state index contributed by atoms with van der Waals surface area (Å²) in [6.45, 7) is 3.50. The number of hydrogen-bond acceptors (Lipinski definition) is 4. The van der Waals surface area contributed by atoms with E-state index in [-0.39, 0.29) is 19.1 Å². The van der Waals surface area contributed by atoms with Crippen LogP contribution in [0.2, 0.25) is 0 Å². The number of hydrogen-bond donors (Lipinski definition) is 1. The number of rotatable bonds is 5. The Morgan fingerprint density at radius 2 is 2.31 bits per heavy atom. The van der Waals surface area contributed by atoms with E-state index in [2.05, 4.69) is 0 Å². The van der Waals surface area contributed by atoms with Gasteiger partial charge in [-0.3, -0.25) is 9.59 Å². The second kappa shape index (κ2) is 6.44. The molecule has 0 aliphatic carbocycles. The Kier molecular flexibility index (Phi) is 5.21. The maximum Gasteiger partial charge on any atom is 0.249 e. The fraction of sp³-hybridized carbons (Fsp3) is 0.800. The summed E-state index contributed by atoms with van der Waals surface area (Å²) in [4.78, 5) is 24.3. The van der Waals surface area contributed by atoms with Crippen LogP contribution < -0.4 is 5.73 Å². The molecule has 0 bridgehead atoms. The van der Waals surface area contributed by atoms with Crippen LogP contribution in [-0.2, 0) is 19.1 Å². The second-order valence-corrected chi connectivity index (χ2v) is 3.63. The number of nitrogens with two attached hydrogens (primary N) is 1. The van der Waals surface area contributed by atoms with E-state index < -0.39 is 11.9 Å². The van der Waals surface area contributed by atoms with Gasteiger partial charge >= 0.3 is 0 Å². The van der Waals surface area contributed by atoms with E-state index in [0.717, 1.165) is 6.42 Å². The van der Waals surface area contributed by atoms with Gasteiger partial charge in [-0.1, -0.05) is 6.92 Å². The minimum Gasteiger partial charge on any atom is -0.377 e. The van der Waals surface area contributed by atoms with Gasteiger partial charge in [-0.15, -0.1) is 0 Å². The van der Waals surface area contributed by atoms with E-state index in [1.54, 1.807) is 0 Å². The highest BCUT2D eigenvalue weighted by atomic mass is 16.5. The van der Waals surface area contributed by atoms with Crippen LogP contribution in [0.1, 0.15) is 13.3 Å². The lowest BCUT2D eigenvalue weighted by atomic mass is 10.2. The molecule has 1 rings (SSSR count). The average molecular weight is 230 g/mol. The van der Waals surface area contributed by atoms with Gasteiger partial charge in [-0.25, -0.2) is 0 Å². The highest BCUT2D eigenvalue weighted by Gasteiger charge is 2.31. The van der Waals surface area contributed by atoms with E-state index in [0.29, 0.717) is 19.8 Å². The molecule has 1 fully saturated rings. The number of morpholine rings is 1. The lowest BCUT2D eigenvalue weighted by molar-refractivity contribution is -0.150. The van der Waals surface area contributed by atoms with Crippen molar-refractivity contribution >= 4 is 11.8 Å². The fourth-order valence-electron chi connectivity index (χ4n) is 1.52. The predicted molar refractivity (Wildman–Crippen MR) is 56.6 cm³/mol. The van der Waals surface area contributed by atoms with Crippen molar-refractivity contribution in [3.05, 3.63) is 0 Å². The fourth-order valence-corrected chi connectivity index (χ4v) is 1.52. The van der Waals surface area contributed by atoms with Crippen molar-refractivity contribution in [2.45, 2.75) is 19.4 Å². The second-order valence-electron chi connectivity index (χ2n) is 3.63. The molecule has 92 valence electrons. The smallest absolute Gasteiger partial charge is 0.249 e. The normalized spacial score (nSPS) is 20.8. The molecule has 0 aromatic heterocycles. The molecular weight excluding hydrogens is 212 g/mol. The van der Waals surface area contributed by atoms with Crippen molar-refractivity contribution in [2.24, 2.45) is 5.73 Å². The van der Waals surface area contributed by atoms with Crippen LogP contribution in [0.5, 0.6) is 0 Å². The van der Waals surface area contributed by atoms with Crippen molar-refractivity contribution < 1.29 is 19.1 Å². The summed E-state index contributed by atoms with van der Waals surface area (Å²) < 4.78 is 10.3. The van der Waals surface area contributed by atoms with Gasteiger partial charge in [0.05, 0.1) is 13.2 Å². The molecule has 0 aromatic rings. The Hall–Kier alpha value is -1.14. The lowest BCUT2D eigenvalue weighted by Crippen LogP contribution is -2.55. The van der Waals surface area contributed by atoms with Crippen molar-refractivity contribution in [1.29, 1.82) is 0 Å². The number of amides is 2. The van der Waals surface area contributed by atoms with Gasteiger partial charge in [0.15, 0.2) is 0 Å². The first-order valence-electron chi connectivity index (χ1n) is 5.41. The number of nitrogens with zero attached hydrogens (tertiary/aromatic N) is 1. The number of ether oxygens (including phenoxy) is 2. The van der Waals surface area contributed by atoms with E-state index in [9.17, 15) is 9.59 Å². The van der Waals surface area contributed by atoms with Crippen LogP contribution in [0.15, 0.2) is 0 Å². The SMILES string of the molecule is CCCOCC(=O)N1CCOCC1C(N)=O. The molecule has 0 aromatic carbocycles. The Morgan fingerprint density at radius 3 is 2.94 bits per heavy atom. The van der Waals surface area contributed by atoms with Gasteiger partial charge in [-0.2, -0.15) is 0 Å². The third-order valence-corrected chi connectivity index (χ3v) is 2.35. The lowest BCUT2D eigenvalue weighted by Gasteiger charge is -2.33. The molecular formula is C10H18N2O4. The highest BCUT2D eigenvalue weighted by molar-refractivity contribution is 5.87. The van der Waals surface area contributed by atoms with E-state index in [4.69, 9.17) is 15.2 Å². The Bertz CT molecular complexity index is 257. The molecule has 1 aliphatic rings. The number of primary amides is 1. The molecule has 2 N–H and O–H groups in total. The van der Waals surface area contributed by atoms with Gasteiger partial charge in [0.2, 0.25) is 11.8 Å². The summed E-state index contributed by atoms with van der Waals surface area (Å²) in [6.07, 6.45) is 0.857. The minimum atomic E-state index is -0.661. The monoisotopic (exact) mass is 230 g/mol. The van der Waals surface area contributed by atoms with Crippen LogP contribution in [0.3, 0.4) is 0 Å². The molecule has 0 saturated carbocycles. The highest BCUT2D eigenvalue weighted by Crippen LogP contribution is 2.07. The van der Waals surface area contributed by atoms with Crippen LogP contribution in [0, 0.1) is 0 Å². The van der Waals surface area contributed by atoms with Crippen molar-refractivity contribution in [1.82, 2.24) is 4.90 Å². The number of carbonyl (C=O) groups excluding carboxylic acids is 2. The van der Waals surface area contributed by atoms with Crippen molar-refractivity contribution in [3.8, 4) is 0 Å². The maximum atomic E-state index is 11.7. The third-order valence-electron chi connectivity index (χ3n) is 2.35. The zero-order chi connectivity index (χ0) is 12.0. The summed E-state index contributed by atoms with van der Waals surface area (Å²) in [5, 5.41) is 0. The maximum absolute atomic E-state index is 11.7. The number of carbonyl (C=O) groups is 2. The summed E-state index contributed by atoms with van der Waals surface area (Å²) in [5.74, 6) is -0.746. The van der Waals surface area contributed by atoms with Crippen LogP contribution >= 0.6 is 0 Å². The molecule has 1 saturated heterocycles. The van der Waals surface area contributed by atoms with Crippen LogP contribution in [-0.4, -0.2) is 55.7 Å². The van der Waals surface area contributed by atoms with Crippen molar-refractivity contribution in [3.63, 3.8) is 0 Å². The topological polar surface area (TPSA) is 81.9 Å². The van der Waals surface area contributed by atoms with Gasteiger partial charge in [0.25, 0.3) is 0 Å². The van der Waals surface area contributed by atoms with E-state index in [1.807, 2.05) is 6.92 Å². The van der Waals surface area contributed by atoms with E-state index >= 15 is 0 Å². The Balaban J connectivity index is 2.47. The standard InChI is InChI=1S/C10H18N2O4/c1-2-4-15-7-9(13)12-3-5-16-6-8(12)10(11)14/h8H,2-7H2,1H3,(H2,11,14). The summed E-state index contributed by atoms with van der Waals surface area (Å²) in [7, 11) is 0. The predicted octanol–water partition coefficient (Wildman–Crippen LogP) is -0.874. The molecule has 1 atom stereocenters. The quantitative estimate of drug-likeness (QED) is 0.622. The molecule has 1 aliphatic heterocycles. The molecule has 0 spiro atoms. The average Bonchev–Trinajstić information content (AvgIpc) is 2.29. The molecule has 0 radical (unpaired) electrons. The Labute approximate surface area is 94.7 Å². The van der Waals surface area contributed by atoms with Crippen LogP contribution in [0.25, 0.3) is 0 Å². The van der Waals surface area contributed by atoms with Gasteiger partial charge in [-0.05, 0) is 6.42 Å². The van der Waals surface area contributed by atoms with Gasteiger partial charge in [0, 0.05) is 13.2 Å². The molecule has 16 heavy (non-hydrogen) atoms. The molecule has 1 unspecified atom stereocenters. The largest absolute Gasteiger partial charge is 0.377 e. The first-order valence-corrected chi connectivity index (χ1v) is 5.41. The van der Waals surface area contributed by atoms with Gasteiger partial charge in [0.1, 0.15) is 12.6 Å². The van der Waals surface area contributed by atoms with Crippen LogP contribution in [0.4, 0.5) is 0 Å². The molecule has 1 heterocycles.